The third-order valence-corrected chi connectivity index (χ3v) is 3.91. The SMILES string of the molecule is Cc1noc(C2CCN(C(=O)c3cc(Cl)cc(F)c3N)C2)n1. The highest BCUT2D eigenvalue weighted by atomic mass is 35.5. The van der Waals surface area contributed by atoms with E-state index < -0.39 is 5.82 Å². The van der Waals surface area contributed by atoms with Crippen molar-refractivity contribution >= 4 is 23.2 Å². The zero-order valence-corrected chi connectivity index (χ0v) is 12.6. The lowest BCUT2D eigenvalue weighted by atomic mass is 10.1. The Morgan fingerprint density at radius 3 is 3.00 bits per heavy atom. The van der Waals surface area contributed by atoms with Crippen molar-refractivity contribution in [1.82, 2.24) is 15.0 Å². The number of benzene rings is 1. The number of aryl methyl sites for hydroxylation is 1. The van der Waals surface area contributed by atoms with E-state index in [9.17, 15) is 9.18 Å². The second-order valence-corrected chi connectivity index (χ2v) is 5.70. The quantitative estimate of drug-likeness (QED) is 0.857. The van der Waals surface area contributed by atoms with Crippen LogP contribution in [-0.2, 0) is 0 Å². The fraction of sp³-hybridized carbons (Fsp3) is 0.357. The number of likely N-dealkylation sites (tertiary alicyclic amines) is 1. The molecular formula is C14H14ClFN4O2. The molecule has 2 aromatic rings. The minimum absolute atomic E-state index is 0.0181. The molecule has 0 aliphatic carbocycles. The van der Waals surface area contributed by atoms with Crippen LogP contribution in [0.25, 0.3) is 0 Å². The number of amides is 1. The van der Waals surface area contributed by atoms with E-state index in [1.54, 1.807) is 11.8 Å². The molecule has 6 nitrogen and oxygen atoms in total. The summed E-state index contributed by atoms with van der Waals surface area (Å²) < 4.78 is 18.8. The molecule has 8 heteroatoms. The van der Waals surface area contributed by atoms with E-state index in [4.69, 9.17) is 21.9 Å². The van der Waals surface area contributed by atoms with Crippen molar-refractivity contribution in [3.8, 4) is 0 Å². The van der Waals surface area contributed by atoms with Crippen molar-refractivity contribution in [3.63, 3.8) is 0 Å². The molecule has 3 rings (SSSR count). The summed E-state index contributed by atoms with van der Waals surface area (Å²) in [6.07, 6.45) is 0.705. The molecule has 1 aliphatic heterocycles. The summed E-state index contributed by atoms with van der Waals surface area (Å²) in [5.74, 6) is 0.00569. The van der Waals surface area contributed by atoms with E-state index in [1.807, 2.05) is 0 Å². The van der Waals surface area contributed by atoms with Gasteiger partial charge in [0.2, 0.25) is 5.89 Å². The summed E-state index contributed by atoms with van der Waals surface area (Å²) in [5.41, 5.74) is 5.53. The summed E-state index contributed by atoms with van der Waals surface area (Å²) in [5, 5.41) is 3.89. The second-order valence-electron chi connectivity index (χ2n) is 5.27. The Bertz CT molecular complexity index is 734. The number of hydrogen-bond acceptors (Lipinski definition) is 5. The molecule has 1 fully saturated rings. The van der Waals surface area contributed by atoms with Gasteiger partial charge in [-0.15, -0.1) is 0 Å². The lowest BCUT2D eigenvalue weighted by Crippen LogP contribution is -2.29. The van der Waals surface area contributed by atoms with Gasteiger partial charge in [0.25, 0.3) is 5.91 Å². The first-order chi connectivity index (χ1) is 10.5. The smallest absolute Gasteiger partial charge is 0.256 e. The number of nitrogens with two attached hydrogens (primary N) is 1. The standard InChI is InChI=1S/C14H14ClFN4O2/c1-7-18-13(22-19-7)8-2-3-20(6-8)14(21)10-4-9(15)5-11(16)12(10)17/h4-5,8H,2-3,6,17H2,1H3. The summed E-state index contributed by atoms with van der Waals surface area (Å²) in [4.78, 5) is 18.3. The van der Waals surface area contributed by atoms with E-state index in [1.165, 1.54) is 6.07 Å². The Hall–Kier alpha value is -2.15. The Morgan fingerprint density at radius 2 is 2.32 bits per heavy atom. The number of carbonyl (C=O) groups is 1. The van der Waals surface area contributed by atoms with Gasteiger partial charge < -0.3 is 15.2 Å². The van der Waals surface area contributed by atoms with Crippen LogP contribution in [0.15, 0.2) is 16.7 Å². The van der Waals surface area contributed by atoms with Crippen LogP contribution in [0.2, 0.25) is 5.02 Å². The molecule has 1 aromatic carbocycles. The van der Waals surface area contributed by atoms with E-state index in [-0.39, 0.29) is 28.1 Å². The highest BCUT2D eigenvalue weighted by Crippen LogP contribution is 2.29. The van der Waals surface area contributed by atoms with Crippen LogP contribution in [-0.4, -0.2) is 34.0 Å². The molecule has 1 saturated heterocycles. The first kappa shape index (κ1) is 14.8. The van der Waals surface area contributed by atoms with E-state index >= 15 is 0 Å². The van der Waals surface area contributed by atoms with Gasteiger partial charge in [-0.2, -0.15) is 4.98 Å². The third-order valence-electron chi connectivity index (χ3n) is 3.69. The molecule has 1 aromatic heterocycles. The van der Waals surface area contributed by atoms with Crippen LogP contribution in [0.5, 0.6) is 0 Å². The fourth-order valence-corrected chi connectivity index (χ4v) is 2.76. The third kappa shape index (κ3) is 2.64. The van der Waals surface area contributed by atoms with Gasteiger partial charge in [0, 0.05) is 18.1 Å². The summed E-state index contributed by atoms with van der Waals surface area (Å²) in [6.45, 7) is 2.67. The fourth-order valence-electron chi connectivity index (χ4n) is 2.56. The average molecular weight is 325 g/mol. The van der Waals surface area contributed by atoms with Gasteiger partial charge in [0.05, 0.1) is 17.2 Å². The van der Waals surface area contributed by atoms with Crippen LogP contribution >= 0.6 is 11.6 Å². The van der Waals surface area contributed by atoms with Crippen molar-refractivity contribution in [2.24, 2.45) is 0 Å². The number of rotatable bonds is 2. The van der Waals surface area contributed by atoms with E-state index in [0.29, 0.717) is 31.2 Å². The Kier molecular flexibility index (Phi) is 3.74. The number of aromatic nitrogens is 2. The highest BCUT2D eigenvalue weighted by Gasteiger charge is 2.32. The average Bonchev–Trinajstić information content (AvgIpc) is 3.10. The van der Waals surface area contributed by atoms with Crippen LogP contribution in [0.1, 0.15) is 34.4 Å². The monoisotopic (exact) mass is 324 g/mol. The largest absolute Gasteiger partial charge is 0.396 e. The summed E-state index contributed by atoms with van der Waals surface area (Å²) in [7, 11) is 0. The minimum Gasteiger partial charge on any atom is -0.396 e. The topological polar surface area (TPSA) is 85.2 Å². The predicted octanol–water partition coefficient (Wildman–Crippen LogP) is 2.38. The first-order valence-corrected chi connectivity index (χ1v) is 7.17. The molecular weight excluding hydrogens is 311 g/mol. The van der Waals surface area contributed by atoms with Gasteiger partial charge in [-0.05, 0) is 25.5 Å². The van der Waals surface area contributed by atoms with Crippen LogP contribution in [0.3, 0.4) is 0 Å². The van der Waals surface area contributed by atoms with Crippen molar-refractivity contribution in [1.29, 1.82) is 0 Å². The number of nitrogen functional groups attached to an aromatic ring is 1. The number of carbonyl (C=O) groups excluding carboxylic acids is 1. The zero-order valence-electron chi connectivity index (χ0n) is 11.8. The molecule has 22 heavy (non-hydrogen) atoms. The zero-order chi connectivity index (χ0) is 15.9. The predicted molar refractivity (Wildman–Crippen MR) is 78.1 cm³/mol. The number of anilines is 1. The van der Waals surface area contributed by atoms with Gasteiger partial charge in [0.15, 0.2) is 5.82 Å². The number of nitrogens with zero attached hydrogens (tertiary/aromatic N) is 3. The van der Waals surface area contributed by atoms with Crippen LogP contribution in [0, 0.1) is 12.7 Å². The maximum atomic E-state index is 13.6. The molecule has 0 saturated carbocycles. The van der Waals surface area contributed by atoms with Crippen molar-refractivity contribution in [3.05, 3.63) is 40.3 Å². The van der Waals surface area contributed by atoms with E-state index in [0.717, 1.165) is 6.07 Å². The first-order valence-electron chi connectivity index (χ1n) is 6.79. The van der Waals surface area contributed by atoms with Gasteiger partial charge >= 0.3 is 0 Å². The van der Waals surface area contributed by atoms with Crippen molar-refractivity contribution < 1.29 is 13.7 Å². The maximum absolute atomic E-state index is 13.6. The molecule has 1 unspecified atom stereocenters. The highest BCUT2D eigenvalue weighted by molar-refractivity contribution is 6.31. The van der Waals surface area contributed by atoms with Gasteiger partial charge in [-0.25, -0.2) is 4.39 Å². The van der Waals surface area contributed by atoms with Crippen molar-refractivity contribution in [2.75, 3.05) is 18.8 Å². The summed E-state index contributed by atoms with van der Waals surface area (Å²) >= 11 is 5.80. The minimum atomic E-state index is -0.695. The molecule has 0 radical (unpaired) electrons. The Balaban J connectivity index is 1.80. The molecule has 0 bridgehead atoms. The lowest BCUT2D eigenvalue weighted by molar-refractivity contribution is 0.0790. The van der Waals surface area contributed by atoms with Crippen molar-refractivity contribution in [2.45, 2.75) is 19.3 Å². The molecule has 2 heterocycles. The molecule has 0 spiro atoms. The van der Waals surface area contributed by atoms with Gasteiger partial charge in [-0.1, -0.05) is 16.8 Å². The molecule has 116 valence electrons. The normalized spacial score (nSPS) is 18.0. The van der Waals surface area contributed by atoms with Crippen LogP contribution in [0.4, 0.5) is 10.1 Å². The lowest BCUT2D eigenvalue weighted by Gasteiger charge is -2.17. The number of hydrogen-bond donors (Lipinski definition) is 1. The molecule has 1 amide bonds. The number of halogens is 2. The van der Waals surface area contributed by atoms with Crippen LogP contribution < -0.4 is 5.73 Å². The Morgan fingerprint density at radius 1 is 1.55 bits per heavy atom. The van der Waals surface area contributed by atoms with E-state index in [2.05, 4.69) is 10.1 Å². The molecule has 1 aliphatic rings. The second kappa shape index (κ2) is 5.57. The summed E-state index contributed by atoms with van der Waals surface area (Å²) in [6, 6.07) is 2.47. The molecule has 2 N–H and O–H groups in total. The van der Waals surface area contributed by atoms with Gasteiger partial charge in [-0.3, -0.25) is 4.79 Å². The molecule has 1 atom stereocenters. The Labute approximate surface area is 131 Å². The van der Waals surface area contributed by atoms with Gasteiger partial charge in [0.1, 0.15) is 5.82 Å². The maximum Gasteiger partial charge on any atom is 0.256 e.